The monoisotopic (exact) mass is 441 g/mol. The molecule has 2 fully saturated rings. The fraction of sp³-hybridized carbons (Fsp3) is 0.435. The first kappa shape index (κ1) is 21.5. The summed E-state index contributed by atoms with van der Waals surface area (Å²) < 4.78 is 4.74. The maximum absolute atomic E-state index is 13.1. The molecule has 1 aromatic heterocycles. The highest BCUT2D eigenvalue weighted by Crippen LogP contribution is 2.34. The van der Waals surface area contributed by atoms with Crippen LogP contribution in [0.4, 0.5) is 4.79 Å². The van der Waals surface area contributed by atoms with Crippen LogP contribution in [0, 0.1) is 5.92 Å². The van der Waals surface area contributed by atoms with Crippen LogP contribution in [-0.4, -0.2) is 53.4 Å². The first-order valence-corrected chi connectivity index (χ1v) is 11.4. The van der Waals surface area contributed by atoms with E-state index in [0.29, 0.717) is 12.1 Å². The van der Waals surface area contributed by atoms with Gasteiger partial charge in [-0.1, -0.05) is 12.1 Å². The van der Waals surface area contributed by atoms with Crippen LogP contribution in [0.2, 0.25) is 0 Å². The van der Waals surface area contributed by atoms with Gasteiger partial charge in [0.15, 0.2) is 0 Å². The summed E-state index contributed by atoms with van der Waals surface area (Å²) in [7, 11) is 1.37. The number of thiophene rings is 1. The van der Waals surface area contributed by atoms with Crippen LogP contribution in [0.1, 0.15) is 41.3 Å². The molecule has 0 spiro atoms. The molecule has 1 atom stereocenters. The van der Waals surface area contributed by atoms with Crippen LogP contribution in [-0.2, 0) is 22.6 Å². The van der Waals surface area contributed by atoms with E-state index in [1.165, 1.54) is 12.0 Å². The first-order valence-electron chi connectivity index (χ1n) is 10.5. The summed E-state index contributed by atoms with van der Waals surface area (Å²) in [6, 6.07) is 9.10. The van der Waals surface area contributed by atoms with Crippen LogP contribution in [0.5, 0.6) is 0 Å². The molecule has 0 aliphatic carbocycles. The largest absolute Gasteiger partial charge is 0.465 e. The van der Waals surface area contributed by atoms with Gasteiger partial charge in [-0.25, -0.2) is 9.59 Å². The highest BCUT2D eigenvalue weighted by molar-refractivity contribution is 7.07. The van der Waals surface area contributed by atoms with Gasteiger partial charge in [-0.15, -0.1) is 0 Å². The molecule has 164 valence electrons. The third-order valence-electron chi connectivity index (χ3n) is 6.41. The van der Waals surface area contributed by atoms with E-state index in [1.807, 2.05) is 35.9 Å². The van der Waals surface area contributed by atoms with Crippen LogP contribution >= 0.6 is 11.3 Å². The van der Waals surface area contributed by atoms with E-state index in [0.717, 1.165) is 43.6 Å². The van der Waals surface area contributed by atoms with Gasteiger partial charge in [0.1, 0.15) is 5.54 Å². The molecule has 4 rings (SSSR count). The Morgan fingerprint density at radius 1 is 1.13 bits per heavy atom. The Balaban J connectivity index is 1.34. The molecule has 2 saturated heterocycles. The number of hydrogen-bond donors (Lipinski definition) is 1. The number of nitrogens with one attached hydrogen (secondary N) is 1. The first-order chi connectivity index (χ1) is 14.9. The number of hydrogen-bond acceptors (Lipinski definition) is 6. The molecule has 3 heterocycles. The number of amides is 3. The Morgan fingerprint density at radius 3 is 2.45 bits per heavy atom. The van der Waals surface area contributed by atoms with Gasteiger partial charge in [0.2, 0.25) is 0 Å². The summed E-state index contributed by atoms with van der Waals surface area (Å²) in [6.07, 6.45) is 1.68. The van der Waals surface area contributed by atoms with Crippen molar-refractivity contribution in [2.45, 2.75) is 38.4 Å². The SMILES string of the molecule is COC(=O)c1ccc(CN2CCC(C3(C)NC(=O)N(Cc4ccsc4)C3=O)CC2)cc1. The number of piperidine rings is 1. The van der Waals surface area contributed by atoms with Crippen molar-refractivity contribution < 1.29 is 19.1 Å². The number of esters is 1. The second kappa shape index (κ2) is 8.80. The lowest BCUT2D eigenvalue weighted by Crippen LogP contribution is -2.53. The van der Waals surface area contributed by atoms with Crippen molar-refractivity contribution in [3.8, 4) is 0 Å². The summed E-state index contributed by atoms with van der Waals surface area (Å²) in [4.78, 5) is 40.9. The molecule has 0 bridgehead atoms. The smallest absolute Gasteiger partial charge is 0.337 e. The van der Waals surface area contributed by atoms with Crippen molar-refractivity contribution in [1.29, 1.82) is 0 Å². The molecule has 2 aliphatic heterocycles. The Kier molecular flexibility index (Phi) is 6.11. The molecule has 2 aliphatic rings. The minimum Gasteiger partial charge on any atom is -0.465 e. The Hall–Kier alpha value is -2.71. The molecule has 3 amide bonds. The van der Waals surface area contributed by atoms with E-state index in [1.54, 1.807) is 23.5 Å². The van der Waals surface area contributed by atoms with Crippen LogP contribution in [0.15, 0.2) is 41.1 Å². The summed E-state index contributed by atoms with van der Waals surface area (Å²) in [5, 5.41) is 6.89. The minimum atomic E-state index is -0.846. The van der Waals surface area contributed by atoms with E-state index >= 15 is 0 Å². The van der Waals surface area contributed by atoms with Gasteiger partial charge in [-0.2, -0.15) is 11.3 Å². The topological polar surface area (TPSA) is 79.0 Å². The van der Waals surface area contributed by atoms with Gasteiger partial charge >= 0.3 is 12.0 Å². The minimum absolute atomic E-state index is 0.106. The predicted molar refractivity (Wildman–Crippen MR) is 118 cm³/mol. The standard InChI is InChI=1S/C23H27N3O4S/c1-23(21(28)26(22(29)24-23)14-17-9-12-31-15-17)19-7-10-25(11-8-19)13-16-3-5-18(6-4-16)20(27)30-2/h3-6,9,12,15,19H,7-8,10-11,13-14H2,1-2H3,(H,24,29). The molecule has 31 heavy (non-hydrogen) atoms. The number of carbonyl (C=O) groups is 3. The summed E-state index contributed by atoms with van der Waals surface area (Å²) in [5.74, 6) is -0.355. The van der Waals surface area contributed by atoms with E-state index in [2.05, 4.69) is 10.2 Å². The molecular formula is C23H27N3O4S. The van der Waals surface area contributed by atoms with Crippen LogP contribution in [0.3, 0.4) is 0 Å². The Bertz CT molecular complexity index is 952. The van der Waals surface area contributed by atoms with Crippen LogP contribution < -0.4 is 5.32 Å². The number of rotatable bonds is 6. The lowest BCUT2D eigenvalue weighted by atomic mass is 9.79. The van der Waals surface area contributed by atoms with E-state index in [4.69, 9.17) is 4.74 Å². The van der Waals surface area contributed by atoms with E-state index in [-0.39, 0.29) is 23.8 Å². The highest BCUT2D eigenvalue weighted by atomic mass is 32.1. The zero-order chi connectivity index (χ0) is 22.0. The third-order valence-corrected chi connectivity index (χ3v) is 7.14. The lowest BCUT2D eigenvalue weighted by molar-refractivity contribution is -0.133. The second-order valence-corrected chi connectivity index (χ2v) is 9.17. The van der Waals surface area contributed by atoms with Gasteiger partial charge < -0.3 is 10.1 Å². The summed E-state index contributed by atoms with van der Waals surface area (Å²) in [6.45, 7) is 4.69. The molecule has 1 unspecified atom stereocenters. The fourth-order valence-electron chi connectivity index (χ4n) is 4.49. The van der Waals surface area contributed by atoms with Gasteiger partial charge in [-0.3, -0.25) is 14.6 Å². The molecular weight excluding hydrogens is 414 g/mol. The average Bonchev–Trinajstić information content (AvgIpc) is 3.37. The van der Waals surface area contributed by atoms with E-state index < -0.39 is 5.54 Å². The van der Waals surface area contributed by atoms with Crippen molar-refractivity contribution in [2.75, 3.05) is 20.2 Å². The van der Waals surface area contributed by atoms with Gasteiger partial charge in [0, 0.05) is 6.54 Å². The zero-order valence-corrected chi connectivity index (χ0v) is 18.6. The number of imide groups is 1. The van der Waals surface area contributed by atoms with Crippen molar-refractivity contribution in [1.82, 2.24) is 15.1 Å². The Labute approximate surface area is 186 Å². The maximum Gasteiger partial charge on any atom is 0.337 e. The van der Waals surface area contributed by atoms with Crippen molar-refractivity contribution in [2.24, 2.45) is 5.92 Å². The number of carbonyl (C=O) groups excluding carboxylic acids is 3. The van der Waals surface area contributed by atoms with Crippen molar-refractivity contribution in [3.05, 3.63) is 57.8 Å². The number of nitrogens with zero attached hydrogens (tertiary/aromatic N) is 2. The molecule has 0 radical (unpaired) electrons. The normalized spacial score (nSPS) is 22.6. The maximum atomic E-state index is 13.1. The number of urea groups is 1. The zero-order valence-electron chi connectivity index (χ0n) is 17.8. The molecule has 2 aromatic rings. The number of methoxy groups -OCH3 is 1. The highest BCUT2D eigenvalue weighted by Gasteiger charge is 2.52. The quantitative estimate of drug-likeness (QED) is 0.550. The molecule has 0 saturated carbocycles. The van der Waals surface area contributed by atoms with E-state index in [9.17, 15) is 14.4 Å². The number of likely N-dealkylation sites (tertiary alicyclic amines) is 1. The molecule has 7 nitrogen and oxygen atoms in total. The van der Waals surface area contributed by atoms with Gasteiger partial charge in [0.05, 0.1) is 19.2 Å². The predicted octanol–water partition coefficient (Wildman–Crippen LogP) is 3.26. The number of ether oxygens (including phenoxy) is 1. The Morgan fingerprint density at radius 2 is 1.84 bits per heavy atom. The van der Waals surface area contributed by atoms with Crippen molar-refractivity contribution in [3.63, 3.8) is 0 Å². The van der Waals surface area contributed by atoms with Crippen molar-refractivity contribution >= 4 is 29.2 Å². The van der Waals surface area contributed by atoms with Crippen LogP contribution in [0.25, 0.3) is 0 Å². The van der Waals surface area contributed by atoms with Gasteiger partial charge in [0.25, 0.3) is 5.91 Å². The second-order valence-electron chi connectivity index (χ2n) is 8.39. The van der Waals surface area contributed by atoms with Gasteiger partial charge in [-0.05, 0) is 78.9 Å². The lowest BCUT2D eigenvalue weighted by Gasteiger charge is -2.39. The summed E-state index contributed by atoms with van der Waals surface area (Å²) in [5.41, 5.74) is 1.80. The molecule has 1 N–H and O–H groups in total. The fourth-order valence-corrected chi connectivity index (χ4v) is 5.15. The average molecular weight is 442 g/mol. The number of benzene rings is 1. The third kappa shape index (κ3) is 4.36. The molecule has 1 aromatic carbocycles. The molecule has 8 heteroatoms. The summed E-state index contributed by atoms with van der Waals surface area (Å²) >= 11 is 1.56.